The molecule has 1 amide bonds. The van der Waals surface area contributed by atoms with E-state index in [4.69, 9.17) is 9.72 Å². The number of carbonyl (C=O) groups is 1. The number of thiazole rings is 1. The molecule has 186 valence electrons. The van der Waals surface area contributed by atoms with Gasteiger partial charge < -0.3 is 10.1 Å². The molecule has 7 nitrogen and oxygen atoms in total. The van der Waals surface area contributed by atoms with Gasteiger partial charge in [-0.05, 0) is 43.7 Å². The average molecular weight is 522 g/mol. The maximum absolute atomic E-state index is 13.2. The number of carbonyl (C=O) groups excluding carboxylic acids is 1. The van der Waals surface area contributed by atoms with E-state index in [1.165, 1.54) is 44.4 Å². The van der Waals surface area contributed by atoms with Crippen LogP contribution in [0.25, 0.3) is 11.3 Å². The van der Waals surface area contributed by atoms with E-state index in [2.05, 4.69) is 10.0 Å². The van der Waals surface area contributed by atoms with Crippen LogP contribution in [0.4, 0.5) is 5.13 Å². The van der Waals surface area contributed by atoms with Crippen molar-refractivity contribution in [2.24, 2.45) is 0 Å². The first-order valence-electron chi connectivity index (χ1n) is 11.3. The summed E-state index contributed by atoms with van der Waals surface area (Å²) >= 11 is 1.38. The lowest BCUT2D eigenvalue weighted by atomic mass is 10.1. The van der Waals surface area contributed by atoms with Gasteiger partial charge in [0, 0.05) is 16.9 Å². The predicted octanol–water partition coefficient (Wildman–Crippen LogP) is 5.11. The van der Waals surface area contributed by atoms with Crippen molar-refractivity contribution in [1.82, 2.24) is 9.71 Å². The third-order valence-corrected chi connectivity index (χ3v) is 8.14. The van der Waals surface area contributed by atoms with Crippen molar-refractivity contribution < 1.29 is 17.9 Å². The van der Waals surface area contributed by atoms with Crippen LogP contribution in [0.3, 0.4) is 0 Å². The van der Waals surface area contributed by atoms with Crippen molar-refractivity contribution >= 4 is 32.4 Å². The Morgan fingerprint density at radius 1 is 0.944 bits per heavy atom. The lowest BCUT2D eigenvalue weighted by Crippen LogP contribution is -2.52. The van der Waals surface area contributed by atoms with Crippen molar-refractivity contribution in [2.75, 3.05) is 12.4 Å². The minimum absolute atomic E-state index is 0.0370. The van der Waals surface area contributed by atoms with E-state index in [9.17, 15) is 13.2 Å². The number of nitrogens with zero attached hydrogens (tertiary/aromatic N) is 1. The fraction of sp³-hybridized carbons (Fsp3) is 0.185. The van der Waals surface area contributed by atoms with Crippen molar-refractivity contribution in [3.05, 3.63) is 95.4 Å². The molecular weight excluding hydrogens is 494 g/mol. The molecule has 0 fully saturated rings. The van der Waals surface area contributed by atoms with Gasteiger partial charge in [0.15, 0.2) is 5.13 Å². The van der Waals surface area contributed by atoms with Gasteiger partial charge in [-0.1, -0.05) is 60.7 Å². The summed E-state index contributed by atoms with van der Waals surface area (Å²) in [6, 6.07) is 25.8. The fourth-order valence-corrected chi connectivity index (χ4v) is 5.97. The number of sulfonamides is 1. The van der Waals surface area contributed by atoms with Gasteiger partial charge in [-0.25, -0.2) is 13.4 Å². The lowest BCUT2D eigenvalue weighted by Gasteiger charge is -2.24. The van der Waals surface area contributed by atoms with Crippen LogP contribution in [0.1, 0.15) is 24.3 Å². The Bertz CT molecular complexity index is 1430. The molecule has 0 bridgehead atoms. The summed E-state index contributed by atoms with van der Waals surface area (Å²) in [5.41, 5.74) is 1.43. The van der Waals surface area contributed by atoms with E-state index in [0.717, 1.165) is 21.7 Å². The number of hydrogen-bond acceptors (Lipinski definition) is 6. The smallest absolute Gasteiger partial charge is 0.246 e. The van der Waals surface area contributed by atoms with Crippen molar-refractivity contribution in [2.45, 2.75) is 30.7 Å². The van der Waals surface area contributed by atoms with Gasteiger partial charge in [-0.2, -0.15) is 4.72 Å². The monoisotopic (exact) mass is 521 g/mol. The molecule has 0 aliphatic rings. The zero-order valence-electron chi connectivity index (χ0n) is 20.2. The summed E-state index contributed by atoms with van der Waals surface area (Å²) in [6.07, 6.45) is 0.659. The standard InChI is InChI=1S/C27H27N3O4S2/c1-27(2,30-36(32,33)22-16-14-21(34-3)15-17-22)25(31)29-26-28-24(20-12-8-5-9-13-20)23(35-26)18-19-10-6-4-7-11-19/h4-17,30H,18H2,1-3H3,(H,28,29,31). The van der Waals surface area contributed by atoms with E-state index >= 15 is 0 Å². The van der Waals surface area contributed by atoms with Crippen LogP contribution >= 0.6 is 11.3 Å². The largest absolute Gasteiger partial charge is 0.497 e. The molecule has 4 rings (SSSR count). The van der Waals surface area contributed by atoms with Gasteiger partial charge in [0.1, 0.15) is 11.3 Å². The maximum Gasteiger partial charge on any atom is 0.246 e. The topological polar surface area (TPSA) is 97.4 Å². The molecular formula is C27H27N3O4S2. The maximum atomic E-state index is 13.2. The minimum atomic E-state index is -3.95. The molecule has 0 unspecified atom stereocenters. The molecule has 0 aliphatic heterocycles. The summed E-state index contributed by atoms with van der Waals surface area (Å²) < 4.78 is 33.4. The number of aromatic nitrogens is 1. The Morgan fingerprint density at radius 3 is 2.17 bits per heavy atom. The van der Waals surface area contributed by atoms with Gasteiger partial charge in [0.05, 0.1) is 17.7 Å². The van der Waals surface area contributed by atoms with Crippen LogP contribution in [0.5, 0.6) is 5.75 Å². The molecule has 1 aromatic heterocycles. The van der Waals surface area contributed by atoms with Gasteiger partial charge in [-0.15, -0.1) is 11.3 Å². The Hall–Kier alpha value is -3.53. The first kappa shape index (κ1) is 25.6. The molecule has 9 heteroatoms. The molecule has 1 heterocycles. The Labute approximate surface area is 215 Å². The minimum Gasteiger partial charge on any atom is -0.497 e. The highest BCUT2D eigenvalue weighted by Gasteiger charge is 2.34. The van der Waals surface area contributed by atoms with Gasteiger partial charge in [0.2, 0.25) is 15.9 Å². The molecule has 0 saturated heterocycles. The molecule has 0 atom stereocenters. The molecule has 0 aliphatic carbocycles. The van der Waals surface area contributed by atoms with Gasteiger partial charge in [-0.3, -0.25) is 4.79 Å². The number of rotatable bonds is 9. The summed E-state index contributed by atoms with van der Waals surface area (Å²) in [7, 11) is -2.45. The molecule has 4 aromatic rings. The Kier molecular flexibility index (Phi) is 7.53. The first-order chi connectivity index (χ1) is 17.2. The Morgan fingerprint density at radius 2 is 1.56 bits per heavy atom. The molecule has 0 spiro atoms. The average Bonchev–Trinajstić information content (AvgIpc) is 3.26. The number of methoxy groups -OCH3 is 1. The fourth-order valence-electron chi connectivity index (χ4n) is 3.58. The van der Waals surface area contributed by atoms with Crippen molar-refractivity contribution in [1.29, 1.82) is 0 Å². The summed E-state index contributed by atoms with van der Waals surface area (Å²) in [5, 5.41) is 3.22. The summed E-state index contributed by atoms with van der Waals surface area (Å²) in [5.74, 6) is 0.0226. The molecule has 3 aromatic carbocycles. The second-order valence-electron chi connectivity index (χ2n) is 8.68. The highest BCUT2D eigenvalue weighted by molar-refractivity contribution is 7.89. The summed E-state index contributed by atoms with van der Waals surface area (Å²) in [4.78, 5) is 18.9. The van der Waals surface area contributed by atoms with Crippen molar-refractivity contribution in [3.63, 3.8) is 0 Å². The van der Waals surface area contributed by atoms with E-state index in [-0.39, 0.29) is 4.90 Å². The van der Waals surface area contributed by atoms with Gasteiger partial charge >= 0.3 is 0 Å². The van der Waals surface area contributed by atoms with Crippen molar-refractivity contribution in [3.8, 4) is 17.0 Å². The van der Waals surface area contributed by atoms with Crippen LogP contribution < -0.4 is 14.8 Å². The van der Waals surface area contributed by atoms with Crippen LogP contribution in [0.15, 0.2) is 89.8 Å². The number of ether oxygens (including phenoxy) is 1. The molecule has 2 N–H and O–H groups in total. The first-order valence-corrected chi connectivity index (χ1v) is 13.6. The third-order valence-electron chi connectivity index (χ3n) is 5.50. The lowest BCUT2D eigenvalue weighted by molar-refractivity contribution is -0.120. The van der Waals surface area contributed by atoms with Gasteiger partial charge in [0.25, 0.3) is 0 Å². The third kappa shape index (κ3) is 5.99. The number of nitrogens with one attached hydrogen (secondary N) is 2. The van der Waals surface area contributed by atoms with E-state index < -0.39 is 21.5 Å². The van der Waals surface area contributed by atoms with Crippen LogP contribution in [0, 0.1) is 0 Å². The quantitative estimate of drug-likeness (QED) is 0.319. The second kappa shape index (κ2) is 10.6. The Balaban J connectivity index is 1.56. The normalized spacial score (nSPS) is 11.8. The predicted molar refractivity (Wildman–Crippen MR) is 143 cm³/mol. The second-order valence-corrected chi connectivity index (χ2v) is 11.4. The SMILES string of the molecule is COc1ccc(S(=O)(=O)NC(C)(C)C(=O)Nc2nc(-c3ccccc3)c(Cc3ccccc3)s2)cc1. The number of benzene rings is 3. The van der Waals surface area contributed by atoms with Crippen LogP contribution in [0.2, 0.25) is 0 Å². The van der Waals surface area contributed by atoms with Crippen LogP contribution in [-0.4, -0.2) is 32.0 Å². The highest BCUT2D eigenvalue weighted by atomic mass is 32.2. The van der Waals surface area contributed by atoms with E-state index in [0.29, 0.717) is 17.3 Å². The van der Waals surface area contributed by atoms with Crippen LogP contribution in [-0.2, 0) is 21.2 Å². The zero-order chi connectivity index (χ0) is 25.8. The number of hydrogen-bond donors (Lipinski definition) is 2. The number of amides is 1. The van der Waals surface area contributed by atoms with E-state index in [1.54, 1.807) is 12.1 Å². The van der Waals surface area contributed by atoms with E-state index in [1.807, 2.05) is 60.7 Å². The molecule has 0 saturated carbocycles. The number of anilines is 1. The zero-order valence-corrected chi connectivity index (χ0v) is 21.8. The summed E-state index contributed by atoms with van der Waals surface area (Å²) in [6.45, 7) is 3.03. The molecule has 36 heavy (non-hydrogen) atoms. The highest BCUT2D eigenvalue weighted by Crippen LogP contribution is 2.33. The molecule has 0 radical (unpaired) electrons.